The van der Waals surface area contributed by atoms with Gasteiger partial charge >= 0.3 is 0 Å². The van der Waals surface area contributed by atoms with Crippen molar-refractivity contribution in [2.45, 2.75) is 12.5 Å². The van der Waals surface area contributed by atoms with Crippen LogP contribution in [0, 0.1) is 5.82 Å². The number of fused-ring (bicyclic) bond motifs is 1. The molecular weight excluding hydrogens is 347 g/mol. The molecule has 0 amide bonds. The summed E-state index contributed by atoms with van der Waals surface area (Å²) >= 11 is 9.39. The molecule has 102 valence electrons. The van der Waals surface area contributed by atoms with E-state index in [0.717, 1.165) is 10.0 Å². The lowest BCUT2D eigenvalue weighted by atomic mass is 9.96. The molecule has 0 N–H and O–H groups in total. The van der Waals surface area contributed by atoms with Crippen LogP contribution in [0.15, 0.2) is 40.9 Å². The van der Waals surface area contributed by atoms with Crippen LogP contribution in [-0.2, 0) is 0 Å². The third kappa shape index (κ3) is 2.45. The van der Waals surface area contributed by atoms with E-state index in [-0.39, 0.29) is 18.0 Å². The summed E-state index contributed by atoms with van der Waals surface area (Å²) in [6.45, 7) is 0. The van der Waals surface area contributed by atoms with Gasteiger partial charge in [-0.15, -0.1) is 0 Å². The monoisotopic (exact) mass is 354 g/mol. The van der Waals surface area contributed by atoms with E-state index in [0.29, 0.717) is 10.6 Å². The van der Waals surface area contributed by atoms with Crippen LogP contribution >= 0.6 is 27.5 Å². The van der Waals surface area contributed by atoms with E-state index in [4.69, 9.17) is 16.3 Å². The highest BCUT2D eigenvalue weighted by molar-refractivity contribution is 9.10. The summed E-state index contributed by atoms with van der Waals surface area (Å²) in [5.41, 5.74) is 1.20. The van der Waals surface area contributed by atoms with Gasteiger partial charge in [0.05, 0.1) is 12.0 Å². The smallest absolute Gasteiger partial charge is 0.170 e. The first-order chi connectivity index (χ1) is 9.54. The van der Waals surface area contributed by atoms with Crippen molar-refractivity contribution in [1.82, 2.24) is 0 Å². The number of carbonyl (C=O) groups excluding carboxylic acids is 1. The normalized spacial score (nSPS) is 17.6. The minimum absolute atomic E-state index is 0.0666. The van der Waals surface area contributed by atoms with Gasteiger partial charge in [-0.05, 0) is 30.3 Å². The molecule has 2 aromatic rings. The Hall–Kier alpha value is -1.39. The van der Waals surface area contributed by atoms with Crippen molar-refractivity contribution in [2.75, 3.05) is 0 Å². The Morgan fingerprint density at radius 3 is 2.85 bits per heavy atom. The third-order valence-corrected chi connectivity index (χ3v) is 4.15. The molecule has 1 aliphatic heterocycles. The SMILES string of the molecule is O=C1CC(c2cc(Cl)ccc2Br)Oc2cc(F)ccc21. The Bertz CT molecular complexity index is 702. The second kappa shape index (κ2) is 5.19. The molecule has 2 aromatic carbocycles. The molecule has 0 spiro atoms. The lowest BCUT2D eigenvalue weighted by Gasteiger charge is -2.26. The molecule has 1 heterocycles. The van der Waals surface area contributed by atoms with Gasteiger partial charge in [0, 0.05) is 21.1 Å². The summed E-state index contributed by atoms with van der Waals surface area (Å²) in [4.78, 5) is 12.1. The van der Waals surface area contributed by atoms with Gasteiger partial charge in [0.1, 0.15) is 17.7 Å². The maximum atomic E-state index is 13.3. The van der Waals surface area contributed by atoms with Crippen LogP contribution in [0.25, 0.3) is 0 Å². The highest BCUT2D eigenvalue weighted by Crippen LogP contribution is 2.38. The molecule has 0 saturated heterocycles. The molecule has 1 aliphatic rings. The van der Waals surface area contributed by atoms with E-state index < -0.39 is 11.9 Å². The Kier molecular flexibility index (Phi) is 3.52. The van der Waals surface area contributed by atoms with Crippen molar-refractivity contribution in [3.63, 3.8) is 0 Å². The van der Waals surface area contributed by atoms with Crippen molar-refractivity contribution < 1.29 is 13.9 Å². The summed E-state index contributed by atoms with van der Waals surface area (Å²) in [5.74, 6) is -0.219. The first-order valence-electron chi connectivity index (χ1n) is 5.99. The number of Topliss-reactive ketones (excluding diaryl/α,β-unsaturated/α-hetero) is 1. The first kappa shape index (κ1) is 13.6. The Morgan fingerprint density at radius 1 is 1.25 bits per heavy atom. The molecule has 0 radical (unpaired) electrons. The summed E-state index contributed by atoms with van der Waals surface area (Å²) in [7, 11) is 0. The van der Waals surface area contributed by atoms with Crippen LogP contribution in [0.2, 0.25) is 5.02 Å². The van der Waals surface area contributed by atoms with E-state index in [2.05, 4.69) is 15.9 Å². The Labute approximate surface area is 128 Å². The first-order valence-corrected chi connectivity index (χ1v) is 7.16. The fourth-order valence-electron chi connectivity index (χ4n) is 2.23. The van der Waals surface area contributed by atoms with Gasteiger partial charge in [0.2, 0.25) is 0 Å². The van der Waals surface area contributed by atoms with Gasteiger partial charge in [-0.3, -0.25) is 4.79 Å². The van der Waals surface area contributed by atoms with Crippen LogP contribution in [-0.4, -0.2) is 5.78 Å². The Morgan fingerprint density at radius 2 is 2.05 bits per heavy atom. The maximum Gasteiger partial charge on any atom is 0.170 e. The van der Waals surface area contributed by atoms with E-state index in [1.54, 1.807) is 18.2 Å². The fraction of sp³-hybridized carbons (Fsp3) is 0.133. The van der Waals surface area contributed by atoms with E-state index >= 15 is 0 Å². The zero-order valence-corrected chi connectivity index (χ0v) is 12.5. The average Bonchev–Trinajstić information content (AvgIpc) is 2.41. The number of benzene rings is 2. The summed E-state index contributed by atoms with van der Waals surface area (Å²) < 4.78 is 19.8. The Balaban J connectivity index is 2.02. The van der Waals surface area contributed by atoms with Crippen LogP contribution in [0.4, 0.5) is 4.39 Å². The highest BCUT2D eigenvalue weighted by atomic mass is 79.9. The minimum atomic E-state index is -0.468. The molecule has 5 heteroatoms. The number of ketones is 1. The van der Waals surface area contributed by atoms with Crippen LogP contribution in [0.5, 0.6) is 5.75 Å². The average molecular weight is 356 g/mol. The third-order valence-electron chi connectivity index (χ3n) is 3.19. The van der Waals surface area contributed by atoms with Crippen LogP contribution in [0.1, 0.15) is 28.4 Å². The molecule has 1 atom stereocenters. The number of halogens is 3. The van der Waals surface area contributed by atoms with Crippen LogP contribution in [0.3, 0.4) is 0 Å². The second-order valence-electron chi connectivity index (χ2n) is 4.54. The standard InChI is InChI=1S/C15H9BrClFO2/c16-12-4-1-8(17)5-11(12)15-7-13(19)10-3-2-9(18)6-14(10)20-15/h1-6,15H,7H2. The van der Waals surface area contributed by atoms with Crippen molar-refractivity contribution in [2.24, 2.45) is 0 Å². The van der Waals surface area contributed by atoms with Gasteiger partial charge in [-0.2, -0.15) is 0 Å². The second-order valence-corrected chi connectivity index (χ2v) is 5.83. The molecule has 1 unspecified atom stereocenters. The molecule has 0 fully saturated rings. The van der Waals surface area contributed by atoms with E-state index in [1.807, 2.05) is 0 Å². The maximum absolute atomic E-state index is 13.3. The molecule has 0 aliphatic carbocycles. The fourth-order valence-corrected chi connectivity index (χ4v) is 2.91. The zero-order chi connectivity index (χ0) is 14.3. The van der Waals surface area contributed by atoms with Gasteiger partial charge in [0.15, 0.2) is 5.78 Å². The quantitative estimate of drug-likeness (QED) is 0.723. The molecule has 0 bridgehead atoms. The summed E-state index contributed by atoms with van der Waals surface area (Å²) in [5, 5.41) is 0.560. The van der Waals surface area contributed by atoms with Crippen molar-refractivity contribution in [3.05, 3.63) is 62.8 Å². The van der Waals surface area contributed by atoms with Gasteiger partial charge < -0.3 is 4.74 Å². The predicted octanol–water partition coefficient (Wildman–Crippen LogP) is 4.95. The van der Waals surface area contributed by atoms with Crippen molar-refractivity contribution in [3.8, 4) is 5.75 Å². The topological polar surface area (TPSA) is 26.3 Å². The van der Waals surface area contributed by atoms with Crippen LogP contribution < -0.4 is 4.74 Å². The summed E-state index contributed by atoms with van der Waals surface area (Å²) in [6.07, 6.45) is -0.262. The van der Waals surface area contributed by atoms with Gasteiger partial charge in [-0.25, -0.2) is 4.39 Å². The largest absolute Gasteiger partial charge is 0.484 e. The number of hydrogen-bond donors (Lipinski definition) is 0. The number of rotatable bonds is 1. The molecule has 20 heavy (non-hydrogen) atoms. The number of hydrogen-bond acceptors (Lipinski definition) is 2. The van der Waals surface area contributed by atoms with Crippen molar-refractivity contribution in [1.29, 1.82) is 0 Å². The van der Waals surface area contributed by atoms with Gasteiger partial charge in [-0.1, -0.05) is 27.5 Å². The molecule has 2 nitrogen and oxygen atoms in total. The van der Waals surface area contributed by atoms with Crippen molar-refractivity contribution >= 4 is 33.3 Å². The van der Waals surface area contributed by atoms with E-state index in [9.17, 15) is 9.18 Å². The molecule has 0 saturated carbocycles. The predicted molar refractivity (Wildman–Crippen MR) is 77.9 cm³/mol. The molecule has 0 aromatic heterocycles. The summed E-state index contributed by atoms with van der Waals surface area (Å²) in [6, 6.07) is 9.23. The molecule has 3 rings (SSSR count). The number of ether oxygens (including phenoxy) is 1. The molecular formula is C15H9BrClFO2. The number of carbonyl (C=O) groups is 1. The van der Waals surface area contributed by atoms with Gasteiger partial charge in [0.25, 0.3) is 0 Å². The van der Waals surface area contributed by atoms with E-state index in [1.165, 1.54) is 18.2 Å². The lowest BCUT2D eigenvalue weighted by Crippen LogP contribution is -2.20. The zero-order valence-electron chi connectivity index (χ0n) is 10.2. The lowest BCUT2D eigenvalue weighted by molar-refractivity contribution is 0.0848. The minimum Gasteiger partial charge on any atom is -0.484 e. The highest BCUT2D eigenvalue weighted by Gasteiger charge is 2.29.